The van der Waals surface area contributed by atoms with Crippen molar-refractivity contribution >= 4 is 44.6 Å². The Labute approximate surface area is 174 Å². The minimum atomic E-state index is 0.0714. The Morgan fingerprint density at radius 1 is 1.29 bits per heavy atom. The molecule has 0 radical (unpaired) electrons. The molecule has 0 aliphatic carbocycles. The summed E-state index contributed by atoms with van der Waals surface area (Å²) in [5, 5.41) is 6.52. The van der Waals surface area contributed by atoms with Crippen LogP contribution in [-0.4, -0.2) is 59.4 Å². The Bertz CT molecular complexity index is 936. The van der Waals surface area contributed by atoms with Gasteiger partial charge in [0.1, 0.15) is 17.0 Å². The maximum atomic E-state index is 13.2. The van der Waals surface area contributed by atoms with E-state index in [0.29, 0.717) is 13.1 Å². The van der Waals surface area contributed by atoms with E-state index in [9.17, 15) is 4.79 Å². The molecule has 3 aromatic rings. The third-order valence-electron chi connectivity index (χ3n) is 4.73. The first kappa shape index (κ1) is 20.7. The van der Waals surface area contributed by atoms with E-state index >= 15 is 0 Å². The number of anilines is 1. The second kappa shape index (κ2) is 8.98. The van der Waals surface area contributed by atoms with Crippen LogP contribution in [0.15, 0.2) is 23.8 Å². The van der Waals surface area contributed by atoms with Gasteiger partial charge < -0.3 is 15.1 Å². The molecule has 0 saturated carbocycles. The van der Waals surface area contributed by atoms with E-state index in [2.05, 4.69) is 38.6 Å². The number of nitrogens with zero attached hydrogens (tertiary/aromatic N) is 4. The maximum Gasteiger partial charge on any atom is 0.264 e. The first-order valence-corrected chi connectivity index (χ1v) is 11.1. The summed E-state index contributed by atoms with van der Waals surface area (Å²) in [5.74, 6) is 0.858. The van der Waals surface area contributed by atoms with Crippen molar-refractivity contribution in [2.45, 2.75) is 26.8 Å². The third kappa shape index (κ3) is 4.34. The number of hydrogen-bond donors (Lipinski definition) is 1. The molecule has 8 heteroatoms. The summed E-state index contributed by atoms with van der Waals surface area (Å²) in [6.07, 6.45) is 1.57. The zero-order valence-corrected chi connectivity index (χ0v) is 18.7. The Hall–Kier alpha value is -2.03. The van der Waals surface area contributed by atoms with E-state index in [4.69, 9.17) is 0 Å². The number of likely N-dealkylation sites (N-methyl/N-ethyl adjacent to an activating group) is 2. The summed E-state index contributed by atoms with van der Waals surface area (Å²) in [4.78, 5) is 28.9. The number of aryl methyl sites for hydroxylation is 1. The lowest BCUT2D eigenvalue weighted by molar-refractivity contribution is 0.0758. The molecular formula is C20H27N5OS2. The SMILES string of the molecule is CCN(CCN(C)C)C(=O)c1sc2ncnc(NC(C)c3cccs3)c2c1C. The number of aromatic nitrogens is 2. The normalized spacial score (nSPS) is 12.5. The van der Waals surface area contributed by atoms with Crippen molar-refractivity contribution in [1.29, 1.82) is 0 Å². The van der Waals surface area contributed by atoms with E-state index in [1.165, 1.54) is 16.2 Å². The molecule has 3 rings (SSSR count). The zero-order chi connectivity index (χ0) is 20.3. The number of fused-ring (bicyclic) bond motifs is 1. The fraction of sp³-hybridized carbons (Fsp3) is 0.450. The Balaban J connectivity index is 1.91. The smallest absolute Gasteiger partial charge is 0.264 e. The number of thiophene rings is 2. The van der Waals surface area contributed by atoms with Crippen LogP contribution in [0.4, 0.5) is 5.82 Å². The van der Waals surface area contributed by atoms with Crippen molar-refractivity contribution in [2.75, 3.05) is 39.0 Å². The molecule has 1 unspecified atom stereocenters. The molecule has 0 aliphatic heterocycles. The van der Waals surface area contributed by atoms with E-state index in [0.717, 1.165) is 33.0 Å². The molecule has 150 valence electrons. The van der Waals surface area contributed by atoms with Crippen LogP contribution in [0, 0.1) is 6.92 Å². The van der Waals surface area contributed by atoms with Gasteiger partial charge >= 0.3 is 0 Å². The zero-order valence-electron chi connectivity index (χ0n) is 17.0. The molecule has 3 heterocycles. The van der Waals surface area contributed by atoms with Gasteiger partial charge in [0, 0.05) is 24.5 Å². The second-order valence-electron chi connectivity index (χ2n) is 7.03. The quantitative estimate of drug-likeness (QED) is 0.593. The van der Waals surface area contributed by atoms with Gasteiger partial charge in [-0.1, -0.05) is 6.07 Å². The molecular weight excluding hydrogens is 390 g/mol. The van der Waals surface area contributed by atoms with Gasteiger partial charge in [-0.25, -0.2) is 9.97 Å². The predicted molar refractivity (Wildman–Crippen MR) is 119 cm³/mol. The predicted octanol–water partition coefficient (Wildman–Crippen LogP) is 4.26. The Morgan fingerprint density at radius 2 is 2.07 bits per heavy atom. The molecule has 0 aromatic carbocycles. The van der Waals surface area contributed by atoms with Crippen LogP contribution in [0.3, 0.4) is 0 Å². The van der Waals surface area contributed by atoms with Gasteiger partial charge in [0.15, 0.2) is 0 Å². The van der Waals surface area contributed by atoms with Crippen LogP contribution < -0.4 is 5.32 Å². The van der Waals surface area contributed by atoms with Crippen LogP contribution in [0.25, 0.3) is 10.2 Å². The van der Waals surface area contributed by atoms with Gasteiger partial charge in [0.25, 0.3) is 5.91 Å². The van der Waals surface area contributed by atoms with Crippen molar-refractivity contribution in [3.63, 3.8) is 0 Å². The van der Waals surface area contributed by atoms with Crippen molar-refractivity contribution in [3.8, 4) is 0 Å². The Kier molecular flexibility index (Phi) is 6.64. The van der Waals surface area contributed by atoms with E-state index in [-0.39, 0.29) is 11.9 Å². The van der Waals surface area contributed by atoms with Gasteiger partial charge in [0.05, 0.1) is 16.3 Å². The minimum Gasteiger partial charge on any atom is -0.362 e. The second-order valence-corrected chi connectivity index (χ2v) is 9.01. The molecule has 0 fully saturated rings. The number of rotatable bonds is 8. The standard InChI is InChI=1S/C20H27N5OS2/c1-6-25(10-9-24(4)5)20(26)17-13(2)16-18(21-12-22-19(16)28-17)23-14(3)15-8-7-11-27-15/h7-8,11-12,14H,6,9-10H2,1-5H3,(H,21,22,23). The molecule has 28 heavy (non-hydrogen) atoms. The lowest BCUT2D eigenvalue weighted by Gasteiger charge is -2.22. The van der Waals surface area contributed by atoms with Gasteiger partial charge in [-0.3, -0.25) is 4.79 Å². The summed E-state index contributed by atoms with van der Waals surface area (Å²) >= 11 is 3.17. The number of hydrogen-bond acceptors (Lipinski definition) is 7. The first-order chi connectivity index (χ1) is 13.4. The fourth-order valence-corrected chi connectivity index (χ4v) is 4.92. The van der Waals surface area contributed by atoms with Gasteiger partial charge in [-0.2, -0.15) is 0 Å². The highest BCUT2D eigenvalue weighted by atomic mass is 32.1. The monoisotopic (exact) mass is 417 g/mol. The molecule has 0 bridgehead atoms. The number of amides is 1. The molecule has 0 aliphatic rings. The highest BCUT2D eigenvalue weighted by Gasteiger charge is 2.23. The largest absolute Gasteiger partial charge is 0.362 e. The summed E-state index contributed by atoms with van der Waals surface area (Å²) in [6.45, 7) is 8.37. The number of carbonyl (C=O) groups excluding carboxylic acids is 1. The molecule has 6 nitrogen and oxygen atoms in total. The van der Waals surface area contributed by atoms with Crippen LogP contribution in [0.5, 0.6) is 0 Å². The van der Waals surface area contributed by atoms with Gasteiger partial charge in [-0.15, -0.1) is 22.7 Å². The van der Waals surface area contributed by atoms with Crippen LogP contribution in [0.1, 0.15) is 40.0 Å². The average Bonchev–Trinajstić information content (AvgIpc) is 3.31. The van der Waals surface area contributed by atoms with Crippen LogP contribution >= 0.6 is 22.7 Å². The topological polar surface area (TPSA) is 61.4 Å². The highest BCUT2D eigenvalue weighted by molar-refractivity contribution is 7.20. The molecule has 0 spiro atoms. The average molecular weight is 418 g/mol. The summed E-state index contributed by atoms with van der Waals surface area (Å²) in [5.41, 5.74) is 0.954. The fourth-order valence-electron chi connectivity index (χ4n) is 3.07. The molecule has 1 amide bonds. The molecule has 0 saturated heterocycles. The highest BCUT2D eigenvalue weighted by Crippen LogP contribution is 2.35. The number of carbonyl (C=O) groups is 1. The lowest BCUT2D eigenvalue weighted by atomic mass is 10.1. The number of nitrogens with one attached hydrogen (secondary N) is 1. The summed E-state index contributed by atoms with van der Waals surface area (Å²) in [6, 6.07) is 4.30. The van der Waals surface area contributed by atoms with Crippen LogP contribution in [-0.2, 0) is 0 Å². The maximum absolute atomic E-state index is 13.2. The summed E-state index contributed by atoms with van der Waals surface area (Å²) in [7, 11) is 4.04. The van der Waals surface area contributed by atoms with Crippen molar-refractivity contribution in [3.05, 3.63) is 39.2 Å². The van der Waals surface area contributed by atoms with Gasteiger partial charge in [-0.05, 0) is 51.9 Å². The van der Waals surface area contributed by atoms with Crippen molar-refractivity contribution in [2.24, 2.45) is 0 Å². The van der Waals surface area contributed by atoms with Crippen LogP contribution in [0.2, 0.25) is 0 Å². The Morgan fingerprint density at radius 3 is 2.71 bits per heavy atom. The van der Waals surface area contributed by atoms with E-state index in [1.54, 1.807) is 17.7 Å². The minimum absolute atomic E-state index is 0.0714. The summed E-state index contributed by atoms with van der Waals surface area (Å²) < 4.78 is 0. The van der Waals surface area contributed by atoms with E-state index < -0.39 is 0 Å². The van der Waals surface area contributed by atoms with Crippen molar-refractivity contribution in [1.82, 2.24) is 19.8 Å². The molecule has 1 atom stereocenters. The van der Waals surface area contributed by atoms with Crippen molar-refractivity contribution < 1.29 is 4.79 Å². The third-order valence-corrected chi connectivity index (χ3v) is 6.97. The molecule has 1 N–H and O–H groups in total. The van der Waals surface area contributed by atoms with E-state index in [1.807, 2.05) is 38.9 Å². The molecule has 3 aromatic heterocycles. The van der Waals surface area contributed by atoms with Gasteiger partial charge in [0.2, 0.25) is 0 Å². The lowest BCUT2D eigenvalue weighted by Crippen LogP contribution is -2.36. The first-order valence-electron chi connectivity index (χ1n) is 9.40.